The first-order valence-corrected chi connectivity index (χ1v) is 5.18. The molecular formula is C10H12BrNO3. The fraction of sp³-hybridized carbons (Fsp3) is 0.300. The second kappa shape index (κ2) is 5.72. The van der Waals surface area contributed by atoms with Crippen molar-refractivity contribution in [2.75, 3.05) is 7.11 Å². The molecule has 82 valence electrons. The van der Waals surface area contributed by atoms with E-state index in [1.165, 1.54) is 7.11 Å². The number of rotatable bonds is 4. The second-order valence-electron chi connectivity index (χ2n) is 2.86. The Morgan fingerprint density at radius 1 is 1.47 bits per heavy atom. The van der Waals surface area contributed by atoms with Gasteiger partial charge in [0.1, 0.15) is 5.75 Å². The van der Waals surface area contributed by atoms with Crippen LogP contribution in [-0.4, -0.2) is 19.1 Å². The van der Waals surface area contributed by atoms with Crippen LogP contribution in [0.2, 0.25) is 0 Å². The minimum atomic E-state index is -0.608. The third-order valence-corrected chi connectivity index (χ3v) is 2.37. The van der Waals surface area contributed by atoms with Crippen LogP contribution in [0, 0.1) is 0 Å². The quantitative estimate of drug-likeness (QED) is 0.853. The Labute approximate surface area is 96.7 Å². The molecule has 0 aromatic heterocycles. The normalized spacial score (nSPS) is 11.9. The molecule has 0 fully saturated rings. The summed E-state index contributed by atoms with van der Waals surface area (Å²) in [6.45, 7) is 1.65. The first kappa shape index (κ1) is 12.0. The van der Waals surface area contributed by atoms with Crippen LogP contribution in [0.15, 0.2) is 28.7 Å². The maximum absolute atomic E-state index is 11.3. The van der Waals surface area contributed by atoms with E-state index in [2.05, 4.69) is 26.2 Å². The maximum Gasteiger partial charge on any atom is 0.284 e. The van der Waals surface area contributed by atoms with Gasteiger partial charge in [0.15, 0.2) is 6.10 Å². The molecule has 1 aromatic carbocycles. The minimum Gasteiger partial charge on any atom is -0.480 e. The van der Waals surface area contributed by atoms with Crippen molar-refractivity contribution in [1.82, 2.24) is 5.48 Å². The van der Waals surface area contributed by atoms with Crippen LogP contribution < -0.4 is 10.2 Å². The van der Waals surface area contributed by atoms with Gasteiger partial charge in [0.25, 0.3) is 5.91 Å². The lowest BCUT2D eigenvalue weighted by Crippen LogP contribution is -2.35. The monoisotopic (exact) mass is 273 g/mol. The van der Waals surface area contributed by atoms with Crippen LogP contribution in [0.3, 0.4) is 0 Å². The van der Waals surface area contributed by atoms with Crippen molar-refractivity contribution < 1.29 is 14.4 Å². The van der Waals surface area contributed by atoms with Crippen molar-refractivity contribution in [1.29, 1.82) is 0 Å². The zero-order chi connectivity index (χ0) is 11.3. The minimum absolute atomic E-state index is 0.326. The summed E-state index contributed by atoms with van der Waals surface area (Å²) < 4.78 is 6.23. The highest BCUT2D eigenvalue weighted by atomic mass is 79.9. The topological polar surface area (TPSA) is 47.6 Å². The summed E-state index contributed by atoms with van der Waals surface area (Å²) in [5.41, 5.74) is 2.21. The number of hydroxylamine groups is 1. The Morgan fingerprint density at radius 3 is 2.73 bits per heavy atom. The van der Waals surface area contributed by atoms with Gasteiger partial charge >= 0.3 is 0 Å². The zero-order valence-corrected chi connectivity index (χ0v) is 10.1. The highest BCUT2D eigenvalue weighted by Crippen LogP contribution is 2.24. The molecule has 0 spiro atoms. The molecule has 0 aliphatic carbocycles. The van der Waals surface area contributed by atoms with Crippen LogP contribution in [0.5, 0.6) is 5.75 Å². The van der Waals surface area contributed by atoms with Gasteiger partial charge in [0.2, 0.25) is 0 Å². The molecule has 0 radical (unpaired) electrons. The number of ether oxygens (including phenoxy) is 1. The Balaban J connectivity index is 2.62. The molecule has 0 aliphatic heterocycles. The van der Waals surface area contributed by atoms with Gasteiger partial charge in [-0.25, -0.2) is 5.48 Å². The van der Waals surface area contributed by atoms with Crippen LogP contribution >= 0.6 is 15.9 Å². The Kier molecular flexibility index (Phi) is 4.58. The Bertz CT molecular complexity index is 343. The van der Waals surface area contributed by atoms with Crippen molar-refractivity contribution in [2.45, 2.75) is 13.0 Å². The van der Waals surface area contributed by atoms with E-state index in [1.54, 1.807) is 13.0 Å². The van der Waals surface area contributed by atoms with E-state index < -0.39 is 6.10 Å². The second-order valence-corrected chi connectivity index (χ2v) is 3.72. The molecule has 1 rings (SSSR count). The average Bonchev–Trinajstić information content (AvgIpc) is 2.21. The largest absolute Gasteiger partial charge is 0.480 e. The van der Waals surface area contributed by atoms with Crippen LogP contribution in [0.25, 0.3) is 0 Å². The van der Waals surface area contributed by atoms with Crippen LogP contribution in [-0.2, 0) is 9.63 Å². The molecule has 1 unspecified atom stereocenters. The van der Waals surface area contributed by atoms with E-state index in [-0.39, 0.29) is 5.91 Å². The Morgan fingerprint density at radius 2 is 2.13 bits per heavy atom. The summed E-state index contributed by atoms with van der Waals surface area (Å²) in [6.07, 6.45) is -0.608. The predicted molar refractivity (Wildman–Crippen MR) is 59.4 cm³/mol. The molecule has 1 aromatic rings. The number of hydrogen-bond donors (Lipinski definition) is 1. The third-order valence-electron chi connectivity index (χ3n) is 1.71. The van der Waals surface area contributed by atoms with Crippen molar-refractivity contribution in [2.24, 2.45) is 0 Å². The van der Waals surface area contributed by atoms with Crippen LogP contribution in [0.1, 0.15) is 6.92 Å². The molecule has 0 saturated heterocycles. The molecule has 0 heterocycles. The molecule has 4 nitrogen and oxygen atoms in total. The smallest absolute Gasteiger partial charge is 0.284 e. The van der Waals surface area contributed by atoms with Gasteiger partial charge in [0, 0.05) is 0 Å². The summed E-state index contributed by atoms with van der Waals surface area (Å²) in [6, 6.07) is 7.33. The molecule has 0 bridgehead atoms. The van der Waals surface area contributed by atoms with Gasteiger partial charge in [-0.2, -0.15) is 0 Å². The van der Waals surface area contributed by atoms with Crippen molar-refractivity contribution in [3.05, 3.63) is 28.7 Å². The van der Waals surface area contributed by atoms with Crippen molar-refractivity contribution in [3.63, 3.8) is 0 Å². The molecule has 0 aliphatic rings. The van der Waals surface area contributed by atoms with Gasteiger partial charge in [-0.05, 0) is 35.0 Å². The summed E-state index contributed by atoms with van der Waals surface area (Å²) in [4.78, 5) is 15.8. The number of nitrogens with one attached hydrogen (secondary N) is 1. The van der Waals surface area contributed by atoms with Crippen molar-refractivity contribution in [3.8, 4) is 5.75 Å². The van der Waals surface area contributed by atoms with E-state index in [4.69, 9.17) is 4.74 Å². The zero-order valence-electron chi connectivity index (χ0n) is 8.49. The maximum atomic E-state index is 11.3. The first-order chi connectivity index (χ1) is 7.15. The predicted octanol–water partition coefficient (Wildman–Crippen LogP) is 1.89. The molecule has 0 saturated carbocycles. The van der Waals surface area contributed by atoms with Crippen LogP contribution in [0.4, 0.5) is 0 Å². The van der Waals surface area contributed by atoms with Gasteiger partial charge in [-0.15, -0.1) is 0 Å². The lowest BCUT2D eigenvalue weighted by atomic mass is 10.3. The number of carbonyl (C=O) groups is 1. The standard InChI is InChI=1S/C10H12BrNO3/c1-7(10(13)12-14-2)15-9-6-4-3-5-8(9)11/h3-7H,1-2H3,(H,12,13). The number of hydrogen-bond acceptors (Lipinski definition) is 3. The number of carbonyl (C=O) groups excluding carboxylic acids is 1. The first-order valence-electron chi connectivity index (χ1n) is 4.39. The fourth-order valence-electron chi connectivity index (χ4n) is 0.968. The molecule has 1 atom stereocenters. The lowest BCUT2D eigenvalue weighted by Gasteiger charge is -2.14. The third kappa shape index (κ3) is 3.53. The summed E-state index contributed by atoms with van der Waals surface area (Å²) >= 11 is 3.32. The SMILES string of the molecule is CONC(=O)C(C)Oc1ccccc1Br. The van der Waals surface area contributed by atoms with Gasteiger partial charge in [0.05, 0.1) is 11.6 Å². The van der Waals surface area contributed by atoms with E-state index >= 15 is 0 Å². The Hall–Kier alpha value is -1.07. The summed E-state index contributed by atoms with van der Waals surface area (Å²) in [7, 11) is 1.38. The number of halogens is 1. The van der Waals surface area contributed by atoms with E-state index in [0.717, 1.165) is 4.47 Å². The summed E-state index contributed by atoms with van der Waals surface area (Å²) in [5, 5.41) is 0. The molecule has 1 amide bonds. The van der Waals surface area contributed by atoms with E-state index in [9.17, 15) is 4.79 Å². The number of para-hydroxylation sites is 1. The molecule has 5 heteroatoms. The van der Waals surface area contributed by atoms with Gasteiger partial charge in [-0.3, -0.25) is 9.63 Å². The fourth-order valence-corrected chi connectivity index (χ4v) is 1.35. The molecule has 15 heavy (non-hydrogen) atoms. The van der Waals surface area contributed by atoms with E-state index in [1.807, 2.05) is 18.2 Å². The highest BCUT2D eigenvalue weighted by Gasteiger charge is 2.15. The highest BCUT2D eigenvalue weighted by molar-refractivity contribution is 9.10. The van der Waals surface area contributed by atoms with Gasteiger partial charge in [-0.1, -0.05) is 12.1 Å². The number of benzene rings is 1. The average molecular weight is 274 g/mol. The lowest BCUT2D eigenvalue weighted by molar-refractivity contribution is -0.137. The summed E-state index contributed by atoms with van der Waals surface area (Å²) in [5.74, 6) is 0.296. The number of amides is 1. The van der Waals surface area contributed by atoms with E-state index in [0.29, 0.717) is 5.75 Å². The molecule has 1 N–H and O–H groups in total. The van der Waals surface area contributed by atoms with Gasteiger partial charge < -0.3 is 4.74 Å². The van der Waals surface area contributed by atoms with Crippen molar-refractivity contribution >= 4 is 21.8 Å². The molecular weight excluding hydrogens is 262 g/mol.